The molecule has 3 aromatic rings. The number of nitrogens with zero attached hydrogens (tertiary/aromatic N) is 3. The second kappa shape index (κ2) is 18.1. The Morgan fingerprint density at radius 1 is 1.13 bits per heavy atom. The molecule has 1 amide bonds. The van der Waals surface area contributed by atoms with Crippen LogP contribution >= 0.6 is 11.6 Å². The molecule has 0 unspecified atom stereocenters. The fraction of sp³-hybridized carbons (Fsp3) is 0.393. The van der Waals surface area contributed by atoms with E-state index in [0.29, 0.717) is 29.0 Å². The summed E-state index contributed by atoms with van der Waals surface area (Å²) in [6.45, 7) is 10.6. The number of halogens is 2. The van der Waals surface area contributed by atoms with Crippen LogP contribution in [-0.4, -0.2) is 59.7 Å². The lowest BCUT2D eigenvalue weighted by atomic mass is 10.2. The molecule has 0 spiro atoms. The Balaban J connectivity index is 0.000000694. The normalized spacial score (nSPS) is 12.1. The van der Waals surface area contributed by atoms with Crippen LogP contribution in [0.15, 0.2) is 48.8 Å². The molecule has 1 aliphatic heterocycles. The summed E-state index contributed by atoms with van der Waals surface area (Å²) in [6, 6.07) is 7.19. The summed E-state index contributed by atoms with van der Waals surface area (Å²) in [5.74, 6) is -0.613. The average molecular weight is 548 g/mol. The number of amides is 1. The van der Waals surface area contributed by atoms with Gasteiger partial charge >= 0.3 is 0 Å². The molecule has 4 rings (SSSR count). The molecule has 10 heteroatoms. The van der Waals surface area contributed by atoms with E-state index in [1.807, 2.05) is 46.7 Å². The average Bonchev–Trinajstić information content (AvgIpc) is 3.50. The van der Waals surface area contributed by atoms with Crippen molar-refractivity contribution in [2.24, 2.45) is 0 Å². The number of hydrogen-bond donors (Lipinski definition) is 3. The van der Waals surface area contributed by atoms with Crippen LogP contribution in [0.5, 0.6) is 5.75 Å². The van der Waals surface area contributed by atoms with Crippen molar-refractivity contribution >= 4 is 45.6 Å². The van der Waals surface area contributed by atoms with E-state index in [1.54, 1.807) is 12.1 Å². The minimum absolute atomic E-state index is 0.0246. The zero-order valence-electron chi connectivity index (χ0n) is 23.0. The lowest BCUT2D eigenvalue weighted by Gasteiger charge is -2.12. The monoisotopic (exact) mass is 547 g/mol. The number of ether oxygens (including phenoxy) is 1. The van der Waals surface area contributed by atoms with E-state index in [2.05, 4.69) is 20.6 Å². The van der Waals surface area contributed by atoms with Crippen LogP contribution in [-0.2, 0) is 9.53 Å². The Morgan fingerprint density at radius 3 is 2.39 bits per heavy atom. The second-order valence-corrected chi connectivity index (χ2v) is 8.24. The van der Waals surface area contributed by atoms with Crippen molar-refractivity contribution in [3.63, 3.8) is 0 Å². The van der Waals surface area contributed by atoms with Gasteiger partial charge < -0.3 is 25.4 Å². The number of carbonyl (C=O) groups excluding carboxylic acids is 1. The molecular formula is C28H39ClFN5O3. The lowest BCUT2D eigenvalue weighted by molar-refractivity contribution is -0.111. The van der Waals surface area contributed by atoms with E-state index in [0.717, 1.165) is 13.2 Å². The van der Waals surface area contributed by atoms with Crippen molar-refractivity contribution in [3.05, 3.63) is 59.7 Å². The molecule has 2 aromatic carbocycles. The first-order valence-electron chi connectivity index (χ1n) is 12.7. The highest BCUT2D eigenvalue weighted by Crippen LogP contribution is 2.32. The van der Waals surface area contributed by atoms with E-state index < -0.39 is 5.82 Å². The number of anilines is 3. The summed E-state index contributed by atoms with van der Waals surface area (Å²) in [5.41, 5.74) is 1.21. The highest BCUT2D eigenvalue weighted by Gasteiger charge is 2.12. The fourth-order valence-electron chi connectivity index (χ4n) is 3.06. The molecular weight excluding hydrogens is 509 g/mol. The Morgan fingerprint density at radius 2 is 1.82 bits per heavy atom. The third-order valence-electron chi connectivity index (χ3n) is 4.76. The minimum Gasteiger partial charge on any atom is -0.506 e. The molecule has 3 N–H and O–H groups in total. The number of hydrogen-bond acceptors (Lipinski definition) is 7. The Labute approximate surface area is 229 Å². The van der Waals surface area contributed by atoms with Gasteiger partial charge in [0.2, 0.25) is 5.91 Å². The maximum atomic E-state index is 13.4. The molecule has 38 heavy (non-hydrogen) atoms. The van der Waals surface area contributed by atoms with Crippen LogP contribution in [0.1, 0.15) is 40.5 Å². The van der Waals surface area contributed by atoms with Crippen molar-refractivity contribution in [2.75, 3.05) is 44.5 Å². The molecule has 1 aromatic heterocycles. The molecule has 0 bridgehead atoms. The molecule has 8 nitrogen and oxygen atoms in total. The SMILES string of the molecule is C1CCOC1.CC.CC.CN(C)C/C=C/C(=O)Nc1cc2c(Nc3ccc(F)c(Cl)c3)ncnc2cc1O. The maximum Gasteiger partial charge on any atom is 0.248 e. The van der Waals surface area contributed by atoms with Crippen LogP contribution in [0.25, 0.3) is 10.9 Å². The summed E-state index contributed by atoms with van der Waals surface area (Å²) >= 11 is 5.82. The second-order valence-electron chi connectivity index (χ2n) is 7.84. The molecule has 2 heterocycles. The van der Waals surface area contributed by atoms with E-state index in [-0.39, 0.29) is 22.4 Å². The number of aromatic hydroxyl groups is 1. The Kier molecular flexibility index (Phi) is 15.6. The van der Waals surface area contributed by atoms with Gasteiger partial charge in [0.25, 0.3) is 0 Å². The number of rotatable bonds is 6. The summed E-state index contributed by atoms with van der Waals surface area (Å²) in [6.07, 6.45) is 6.99. The molecule has 1 fully saturated rings. The highest BCUT2D eigenvalue weighted by molar-refractivity contribution is 6.31. The fourth-order valence-corrected chi connectivity index (χ4v) is 3.24. The lowest BCUT2D eigenvalue weighted by Crippen LogP contribution is -2.13. The molecule has 0 radical (unpaired) electrons. The Bertz CT molecular complexity index is 1160. The molecule has 1 aliphatic rings. The summed E-state index contributed by atoms with van der Waals surface area (Å²) in [7, 11) is 3.78. The van der Waals surface area contributed by atoms with Gasteiger partial charge in [0.15, 0.2) is 0 Å². The number of carbonyl (C=O) groups is 1. The van der Waals surface area contributed by atoms with Crippen LogP contribution in [0.3, 0.4) is 0 Å². The van der Waals surface area contributed by atoms with Gasteiger partial charge in [0.1, 0.15) is 23.7 Å². The number of nitrogens with one attached hydrogen (secondary N) is 2. The Hall–Kier alpha value is -3.27. The first-order chi connectivity index (χ1) is 18.3. The maximum absolute atomic E-state index is 13.4. The van der Waals surface area contributed by atoms with Crippen LogP contribution < -0.4 is 10.6 Å². The van der Waals surface area contributed by atoms with Gasteiger partial charge in [-0.3, -0.25) is 4.79 Å². The number of likely N-dealkylation sites (N-methyl/N-ethyl adjacent to an activating group) is 1. The van der Waals surface area contributed by atoms with E-state index in [4.69, 9.17) is 16.3 Å². The highest BCUT2D eigenvalue weighted by atomic mass is 35.5. The van der Waals surface area contributed by atoms with Gasteiger partial charge in [-0.2, -0.15) is 0 Å². The number of aromatic nitrogens is 2. The van der Waals surface area contributed by atoms with Crippen molar-refractivity contribution in [1.29, 1.82) is 0 Å². The van der Waals surface area contributed by atoms with Gasteiger partial charge in [-0.15, -0.1) is 0 Å². The summed E-state index contributed by atoms with van der Waals surface area (Å²) in [5, 5.41) is 16.4. The van der Waals surface area contributed by atoms with Gasteiger partial charge in [-0.1, -0.05) is 45.4 Å². The van der Waals surface area contributed by atoms with E-state index in [1.165, 1.54) is 49.5 Å². The molecule has 1 saturated heterocycles. The predicted octanol–water partition coefficient (Wildman–Crippen LogP) is 6.78. The standard InChI is InChI=1S/C20H19ClFN5O2.C4H8O.2C2H6/c1-27(2)7-3-4-19(29)26-17-9-13-16(10-18(17)28)23-11-24-20(13)25-12-5-6-15(22)14(21)8-12;1-2-4-5-3-1;2*1-2/h3-6,8-11,28H,7H2,1-2H3,(H,26,29)(H,23,24,25);1-4H2;2*1-2H3/b4-3+;;;. The zero-order chi connectivity index (χ0) is 28.5. The quantitative estimate of drug-likeness (QED) is 0.231. The first kappa shape index (κ1) is 32.8. The molecule has 0 aliphatic carbocycles. The van der Waals surface area contributed by atoms with Crippen molar-refractivity contribution < 1.29 is 19.0 Å². The van der Waals surface area contributed by atoms with Crippen molar-refractivity contribution in [3.8, 4) is 5.75 Å². The van der Waals surface area contributed by atoms with E-state index >= 15 is 0 Å². The minimum atomic E-state index is -0.526. The van der Waals surface area contributed by atoms with Crippen molar-refractivity contribution in [2.45, 2.75) is 40.5 Å². The van der Waals surface area contributed by atoms with Crippen molar-refractivity contribution in [1.82, 2.24) is 14.9 Å². The molecule has 0 saturated carbocycles. The molecule has 208 valence electrons. The predicted molar refractivity (Wildman–Crippen MR) is 155 cm³/mol. The molecule has 0 atom stereocenters. The van der Waals surface area contributed by atoms with Crippen LogP contribution in [0, 0.1) is 5.82 Å². The zero-order valence-corrected chi connectivity index (χ0v) is 23.8. The third kappa shape index (κ3) is 11.0. The number of fused-ring (bicyclic) bond motifs is 1. The summed E-state index contributed by atoms with van der Waals surface area (Å²) in [4.78, 5) is 22.4. The summed E-state index contributed by atoms with van der Waals surface area (Å²) < 4.78 is 18.3. The number of phenols is 1. The van der Waals surface area contributed by atoms with E-state index in [9.17, 15) is 14.3 Å². The van der Waals surface area contributed by atoms with Gasteiger partial charge in [0.05, 0.1) is 16.2 Å². The third-order valence-corrected chi connectivity index (χ3v) is 5.05. The largest absolute Gasteiger partial charge is 0.506 e. The van der Waals surface area contributed by atoms with Gasteiger partial charge in [-0.05, 0) is 51.2 Å². The van der Waals surface area contributed by atoms with Gasteiger partial charge in [-0.25, -0.2) is 14.4 Å². The number of phenolic OH excluding ortho intramolecular Hbond substituents is 1. The van der Waals surface area contributed by atoms with Crippen LogP contribution in [0.4, 0.5) is 21.6 Å². The number of benzene rings is 2. The topological polar surface area (TPSA) is 99.6 Å². The first-order valence-corrected chi connectivity index (χ1v) is 13.1. The van der Waals surface area contributed by atoms with Gasteiger partial charge in [0, 0.05) is 43.0 Å². The smallest absolute Gasteiger partial charge is 0.248 e. The van der Waals surface area contributed by atoms with Crippen LogP contribution in [0.2, 0.25) is 5.02 Å².